The third kappa shape index (κ3) is 2.34. The van der Waals surface area contributed by atoms with E-state index in [0.29, 0.717) is 0 Å². The summed E-state index contributed by atoms with van der Waals surface area (Å²) in [5, 5.41) is 12.5. The summed E-state index contributed by atoms with van der Waals surface area (Å²) >= 11 is 0. The van der Waals surface area contributed by atoms with Crippen LogP contribution in [0.2, 0.25) is 0 Å². The van der Waals surface area contributed by atoms with Crippen LogP contribution in [0.4, 0.5) is 5.82 Å². The van der Waals surface area contributed by atoms with Crippen molar-refractivity contribution in [3.63, 3.8) is 0 Å². The fourth-order valence-corrected chi connectivity index (χ4v) is 2.74. The van der Waals surface area contributed by atoms with Gasteiger partial charge in [0, 0.05) is 30.6 Å². The molecule has 0 aliphatic carbocycles. The van der Waals surface area contributed by atoms with Crippen molar-refractivity contribution in [1.29, 1.82) is 0 Å². The number of hydrogen-bond donors (Lipinski definition) is 1. The third-order valence-corrected chi connectivity index (χ3v) is 4.13. The Labute approximate surface area is 130 Å². The number of nitrogens with zero attached hydrogens (tertiary/aromatic N) is 5. The maximum Gasteiger partial charge on any atom is 0.160 e. The molecule has 0 spiro atoms. The van der Waals surface area contributed by atoms with E-state index in [1.807, 2.05) is 48.4 Å². The minimum Gasteiger partial charge on any atom is -0.362 e. The van der Waals surface area contributed by atoms with Gasteiger partial charge in [-0.05, 0) is 33.3 Å². The third-order valence-electron chi connectivity index (χ3n) is 4.13. The second-order valence-corrected chi connectivity index (χ2v) is 5.71. The second kappa shape index (κ2) is 5.44. The van der Waals surface area contributed by atoms with Crippen molar-refractivity contribution in [1.82, 2.24) is 24.4 Å². The van der Waals surface area contributed by atoms with E-state index >= 15 is 0 Å². The molecule has 1 N–H and O–H groups in total. The van der Waals surface area contributed by atoms with Gasteiger partial charge in [-0.2, -0.15) is 14.7 Å². The zero-order valence-electron chi connectivity index (χ0n) is 13.8. The second-order valence-electron chi connectivity index (χ2n) is 5.71. The van der Waals surface area contributed by atoms with E-state index in [2.05, 4.69) is 34.3 Å². The van der Waals surface area contributed by atoms with Crippen molar-refractivity contribution >= 4 is 11.5 Å². The molecule has 3 heterocycles. The van der Waals surface area contributed by atoms with Crippen molar-refractivity contribution in [3.05, 3.63) is 41.0 Å². The monoisotopic (exact) mass is 298 g/mol. The summed E-state index contributed by atoms with van der Waals surface area (Å²) in [5.74, 6) is 0.965. The summed E-state index contributed by atoms with van der Waals surface area (Å²) in [4.78, 5) is 4.61. The fourth-order valence-electron chi connectivity index (χ4n) is 2.74. The van der Waals surface area contributed by atoms with Gasteiger partial charge in [0.15, 0.2) is 5.65 Å². The standard InChI is InChI=1S/C16H22N6/c1-6-13(14-7-8-17-21(14)5)19-15-9-10(2)18-16-11(3)12(4)20-22(15)16/h7-9,13,19H,6H2,1-5H3/t13-/m0/s1. The van der Waals surface area contributed by atoms with E-state index < -0.39 is 0 Å². The van der Waals surface area contributed by atoms with Crippen LogP contribution in [0.1, 0.15) is 42.0 Å². The van der Waals surface area contributed by atoms with Crippen molar-refractivity contribution in [2.24, 2.45) is 7.05 Å². The summed E-state index contributed by atoms with van der Waals surface area (Å²) in [6, 6.07) is 4.27. The molecule has 1 atom stereocenters. The SMILES string of the molecule is CC[C@H](Nc1cc(C)nc2c(C)c(C)nn12)c1ccnn1C. The smallest absolute Gasteiger partial charge is 0.160 e. The zero-order chi connectivity index (χ0) is 15.9. The lowest BCUT2D eigenvalue weighted by atomic mass is 10.1. The molecule has 0 fully saturated rings. The number of aryl methyl sites for hydroxylation is 4. The number of rotatable bonds is 4. The molecule has 3 aromatic heterocycles. The molecule has 22 heavy (non-hydrogen) atoms. The molecular formula is C16H22N6. The topological polar surface area (TPSA) is 60.0 Å². The van der Waals surface area contributed by atoms with Crippen LogP contribution in [-0.2, 0) is 7.05 Å². The van der Waals surface area contributed by atoms with E-state index in [-0.39, 0.29) is 6.04 Å². The Hall–Kier alpha value is -2.37. The zero-order valence-corrected chi connectivity index (χ0v) is 13.8. The van der Waals surface area contributed by atoms with Crippen molar-refractivity contribution < 1.29 is 0 Å². The summed E-state index contributed by atoms with van der Waals surface area (Å²) in [6.07, 6.45) is 2.79. The first-order chi connectivity index (χ1) is 10.5. The number of anilines is 1. The molecular weight excluding hydrogens is 276 g/mol. The normalized spacial score (nSPS) is 12.8. The van der Waals surface area contributed by atoms with Crippen LogP contribution in [0.25, 0.3) is 5.65 Å². The van der Waals surface area contributed by atoms with Crippen LogP contribution in [0.15, 0.2) is 18.3 Å². The van der Waals surface area contributed by atoms with E-state index in [1.165, 1.54) is 0 Å². The Morgan fingerprint density at radius 2 is 2.05 bits per heavy atom. The van der Waals surface area contributed by atoms with Gasteiger partial charge < -0.3 is 5.32 Å². The average Bonchev–Trinajstić information content (AvgIpc) is 3.02. The minimum absolute atomic E-state index is 0.183. The Morgan fingerprint density at radius 3 is 2.68 bits per heavy atom. The molecule has 3 aromatic rings. The van der Waals surface area contributed by atoms with Crippen LogP contribution < -0.4 is 5.32 Å². The Balaban J connectivity index is 2.06. The molecule has 3 rings (SSSR count). The lowest BCUT2D eigenvalue weighted by molar-refractivity contribution is 0.629. The minimum atomic E-state index is 0.183. The molecule has 0 radical (unpaired) electrons. The summed E-state index contributed by atoms with van der Waals surface area (Å²) < 4.78 is 3.81. The van der Waals surface area contributed by atoms with Gasteiger partial charge in [-0.15, -0.1) is 0 Å². The maximum atomic E-state index is 4.61. The molecule has 116 valence electrons. The first kappa shape index (κ1) is 14.6. The van der Waals surface area contributed by atoms with Gasteiger partial charge in [-0.1, -0.05) is 6.92 Å². The lowest BCUT2D eigenvalue weighted by Gasteiger charge is -2.19. The quantitative estimate of drug-likeness (QED) is 0.804. The van der Waals surface area contributed by atoms with Crippen molar-refractivity contribution in [2.45, 2.75) is 40.2 Å². The fraction of sp³-hybridized carbons (Fsp3) is 0.438. The summed E-state index contributed by atoms with van der Waals surface area (Å²) in [5.41, 5.74) is 5.19. The molecule has 0 saturated carbocycles. The van der Waals surface area contributed by atoms with Gasteiger partial charge in [0.25, 0.3) is 0 Å². The van der Waals surface area contributed by atoms with Crippen molar-refractivity contribution in [2.75, 3.05) is 5.32 Å². The number of nitrogens with one attached hydrogen (secondary N) is 1. The highest BCUT2D eigenvalue weighted by molar-refractivity contribution is 5.56. The first-order valence-electron chi connectivity index (χ1n) is 7.59. The molecule has 6 nitrogen and oxygen atoms in total. The highest BCUT2D eigenvalue weighted by atomic mass is 15.3. The number of hydrogen-bond acceptors (Lipinski definition) is 4. The van der Waals surface area contributed by atoms with Crippen LogP contribution in [0.5, 0.6) is 0 Å². The van der Waals surface area contributed by atoms with Crippen LogP contribution in [-0.4, -0.2) is 24.4 Å². The van der Waals surface area contributed by atoms with Gasteiger partial charge in [0.05, 0.1) is 17.4 Å². The van der Waals surface area contributed by atoms with Gasteiger partial charge in [-0.25, -0.2) is 4.98 Å². The first-order valence-corrected chi connectivity index (χ1v) is 7.59. The van der Waals surface area contributed by atoms with E-state index in [0.717, 1.165) is 40.5 Å². The van der Waals surface area contributed by atoms with E-state index in [1.54, 1.807) is 0 Å². The molecule has 0 aliphatic heterocycles. The summed E-state index contributed by atoms with van der Waals surface area (Å²) in [7, 11) is 1.97. The van der Waals surface area contributed by atoms with Gasteiger partial charge in [-0.3, -0.25) is 4.68 Å². The Bertz CT molecular complexity index is 814. The Morgan fingerprint density at radius 1 is 1.27 bits per heavy atom. The highest BCUT2D eigenvalue weighted by Crippen LogP contribution is 2.24. The van der Waals surface area contributed by atoms with E-state index in [9.17, 15) is 0 Å². The molecule has 0 aliphatic rings. The van der Waals surface area contributed by atoms with Gasteiger partial charge >= 0.3 is 0 Å². The number of fused-ring (bicyclic) bond motifs is 1. The molecule has 0 unspecified atom stereocenters. The van der Waals surface area contributed by atoms with Crippen LogP contribution >= 0.6 is 0 Å². The molecule has 0 saturated heterocycles. The van der Waals surface area contributed by atoms with Gasteiger partial charge in [0.2, 0.25) is 0 Å². The van der Waals surface area contributed by atoms with Crippen LogP contribution in [0, 0.1) is 20.8 Å². The summed E-state index contributed by atoms with van der Waals surface area (Å²) in [6.45, 7) is 8.25. The molecule has 0 aromatic carbocycles. The average molecular weight is 298 g/mol. The predicted molar refractivity (Wildman–Crippen MR) is 87.1 cm³/mol. The highest BCUT2D eigenvalue weighted by Gasteiger charge is 2.16. The largest absolute Gasteiger partial charge is 0.362 e. The van der Waals surface area contributed by atoms with Gasteiger partial charge in [0.1, 0.15) is 5.82 Å². The van der Waals surface area contributed by atoms with E-state index in [4.69, 9.17) is 0 Å². The number of aromatic nitrogens is 5. The Kier molecular flexibility index (Phi) is 3.60. The van der Waals surface area contributed by atoms with Crippen LogP contribution in [0.3, 0.4) is 0 Å². The van der Waals surface area contributed by atoms with Crippen molar-refractivity contribution in [3.8, 4) is 0 Å². The maximum absolute atomic E-state index is 4.61. The predicted octanol–water partition coefficient (Wildman–Crippen LogP) is 2.95. The molecule has 6 heteroatoms. The molecule has 0 bridgehead atoms. The molecule has 0 amide bonds. The lowest BCUT2D eigenvalue weighted by Crippen LogP contribution is -2.16.